The summed E-state index contributed by atoms with van der Waals surface area (Å²) in [5, 5.41) is 0. The second-order valence-corrected chi connectivity index (χ2v) is 11.0. The number of carbonyl (C=O) groups excluding carboxylic acids is 4. The van der Waals surface area contributed by atoms with Gasteiger partial charge in [-0.2, -0.15) is 0 Å². The zero-order chi connectivity index (χ0) is 29.7. The van der Waals surface area contributed by atoms with E-state index in [0.717, 1.165) is 31.2 Å². The van der Waals surface area contributed by atoms with Crippen molar-refractivity contribution in [2.75, 3.05) is 26.4 Å². The number of hydrogen-bond acceptors (Lipinski definition) is 8. The van der Waals surface area contributed by atoms with E-state index in [4.69, 9.17) is 18.9 Å². The van der Waals surface area contributed by atoms with E-state index in [1.807, 2.05) is 50.2 Å². The van der Waals surface area contributed by atoms with Crippen molar-refractivity contribution in [2.24, 2.45) is 11.8 Å². The number of esters is 4. The van der Waals surface area contributed by atoms with Gasteiger partial charge in [0, 0.05) is 8.95 Å². The van der Waals surface area contributed by atoms with Crippen LogP contribution in [0.4, 0.5) is 0 Å². The molecule has 0 heterocycles. The highest BCUT2D eigenvalue weighted by atomic mass is 79.9. The maximum Gasteiger partial charge on any atom is 0.312 e. The first kappa shape index (κ1) is 33.5. The van der Waals surface area contributed by atoms with E-state index < -0.39 is 35.7 Å². The van der Waals surface area contributed by atoms with E-state index >= 15 is 0 Å². The molecule has 0 aliphatic carbocycles. The van der Waals surface area contributed by atoms with Crippen molar-refractivity contribution in [1.82, 2.24) is 0 Å². The predicted octanol–water partition coefficient (Wildman–Crippen LogP) is 5.84. The Hall–Kier alpha value is -2.72. The van der Waals surface area contributed by atoms with E-state index in [2.05, 4.69) is 31.9 Å². The van der Waals surface area contributed by atoms with E-state index in [9.17, 15) is 19.2 Å². The van der Waals surface area contributed by atoms with Gasteiger partial charge in [0.15, 0.2) is 0 Å². The number of aryl methyl sites for hydroxylation is 2. The molecule has 2 unspecified atom stereocenters. The second kappa shape index (κ2) is 17.2. The molecule has 8 nitrogen and oxygen atoms in total. The van der Waals surface area contributed by atoms with Crippen molar-refractivity contribution >= 4 is 55.7 Å². The molecule has 2 aromatic carbocycles. The lowest BCUT2D eigenvalue weighted by Crippen LogP contribution is -2.27. The molecule has 0 N–H and O–H groups in total. The molecule has 0 aliphatic rings. The Labute approximate surface area is 252 Å². The molecule has 0 radical (unpaired) electrons. The molecule has 40 heavy (non-hydrogen) atoms. The first-order chi connectivity index (χ1) is 19.0. The molecule has 0 saturated heterocycles. The monoisotopic (exact) mass is 682 g/mol. The van der Waals surface area contributed by atoms with Crippen LogP contribution < -0.4 is 0 Å². The summed E-state index contributed by atoms with van der Waals surface area (Å²) in [5.41, 5.74) is 3.86. The molecular formula is C30H36Br2O8. The van der Waals surface area contributed by atoms with Crippen LogP contribution in [0.2, 0.25) is 0 Å². The third kappa shape index (κ3) is 11.4. The Morgan fingerprint density at radius 3 is 1.35 bits per heavy atom. The molecular weight excluding hydrogens is 648 g/mol. The van der Waals surface area contributed by atoms with E-state index in [-0.39, 0.29) is 39.3 Å². The summed E-state index contributed by atoms with van der Waals surface area (Å²) in [4.78, 5) is 49.6. The summed E-state index contributed by atoms with van der Waals surface area (Å²) in [6.45, 7) is 7.40. The molecule has 0 saturated carbocycles. The number of rotatable bonds is 15. The summed E-state index contributed by atoms with van der Waals surface area (Å²) in [5.74, 6) is -3.54. The predicted molar refractivity (Wildman–Crippen MR) is 157 cm³/mol. The fourth-order valence-electron chi connectivity index (χ4n) is 3.91. The normalized spacial score (nSPS) is 12.2. The highest BCUT2D eigenvalue weighted by Gasteiger charge is 2.25. The quantitative estimate of drug-likeness (QED) is 0.170. The number of benzene rings is 2. The summed E-state index contributed by atoms with van der Waals surface area (Å²) < 4.78 is 22.8. The van der Waals surface area contributed by atoms with Gasteiger partial charge in [-0.25, -0.2) is 0 Å². The Kier molecular flexibility index (Phi) is 14.4. The third-order valence-corrected chi connectivity index (χ3v) is 7.85. The van der Waals surface area contributed by atoms with Crippen LogP contribution >= 0.6 is 31.9 Å². The summed E-state index contributed by atoms with van der Waals surface area (Å²) in [7, 11) is 0. The summed E-state index contributed by atoms with van der Waals surface area (Å²) >= 11 is 6.91. The molecule has 0 aromatic heterocycles. The van der Waals surface area contributed by atoms with Gasteiger partial charge in [0.25, 0.3) is 0 Å². The Balaban J connectivity index is 1.88. The first-order valence-corrected chi connectivity index (χ1v) is 14.8. The van der Waals surface area contributed by atoms with E-state index in [1.54, 1.807) is 13.8 Å². The molecule has 0 aliphatic heterocycles. The maximum absolute atomic E-state index is 12.5. The minimum atomic E-state index is -0.677. The lowest BCUT2D eigenvalue weighted by atomic mass is 9.99. The van der Waals surface area contributed by atoms with E-state index in [0.29, 0.717) is 12.8 Å². The fourth-order valence-corrected chi connectivity index (χ4v) is 4.41. The standard InChI is InChI=1S/C30H36Br2O8/c1-5-37-29(35)23(15-21-7-9-25(31)19(3)13-21)17-39-27(33)11-12-28(34)40-18-24(30(36)38-6-2)16-22-8-10-26(32)20(4)14-22/h7-10,13-14,23-24H,5-6,11-12,15-18H2,1-4H3. The average Bonchev–Trinajstić information content (AvgIpc) is 2.91. The Morgan fingerprint density at radius 2 is 1.02 bits per heavy atom. The number of hydrogen-bond donors (Lipinski definition) is 0. The number of ether oxygens (including phenoxy) is 4. The molecule has 2 atom stereocenters. The number of halogens is 2. The second-order valence-electron chi connectivity index (χ2n) is 9.34. The van der Waals surface area contributed by atoms with Gasteiger partial charge in [-0.15, -0.1) is 0 Å². The van der Waals surface area contributed by atoms with Gasteiger partial charge in [0.2, 0.25) is 0 Å². The van der Waals surface area contributed by atoms with Gasteiger partial charge in [-0.3, -0.25) is 19.2 Å². The van der Waals surface area contributed by atoms with Crippen LogP contribution in [0.15, 0.2) is 45.3 Å². The average molecular weight is 684 g/mol. The highest BCUT2D eigenvalue weighted by molar-refractivity contribution is 9.10. The van der Waals surface area contributed by atoms with Gasteiger partial charge >= 0.3 is 23.9 Å². The van der Waals surface area contributed by atoms with Crippen LogP contribution in [0.25, 0.3) is 0 Å². The minimum absolute atomic E-state index is 0.167. The van der Waals surface area contributed by atoms with Crippen LogP contribution in [0.1, 0.15) is 48.9 Å². The van der Waals surface area contributed by atoms with Gasteiger partial charge in [0.1, 0.15) is 13.2 Å². The third-order valence-electron chi connectivity index (χ3n) is 6.07. The zero-order valence-electron chi connectivity index (χ0n) is 23.3. The fraction of sp³-hybridized carbons (Fsp3) is 0.467. The molecule has 0 spiro atoms. The smallest absolute Gasteiger partial charge is 0.312 e. The summed E-state index contributed by atoms with van der Waals surface area (Å²) in [6.07, 6.45) is 0.244. The van der Waals surface area contributed by atoms with Crippen LogP contribution in [0, 0.1) is 25.7 Å². The molecule has 2 aromatic rings. The largest absolute Gasteiger partial charge is 0.466 e. The molecule has 218 valence electrons. The first-order valence-electron chi connectivity index (χ1n) is 13.2. The molecule has 0 fully saturated rings. The zero-order valence-corrected chi connectivity index (χ0v) is 26.5. The lowest BCUT2D eigenvalue weighted by molar-refractivity contribution is -0.159. The van der Waals surface area contributed by atoms with E-state index in [1.165, 1.54) is 0 Å². The van der Waals surface area contributed by atoms with Crippen molar-refractivity contribution in [1.29, 1.82) is 0 Å². The molecule has 10 heteroatoms. The van der Waals surface area contributed by atoms with Crippen molar-refractivity contribution in [3.63, 3.8) is 0 Å². The summed E-state index contributed by atoms with van der Waals surface area (Å²) in [6, 6.07) is 11.5. The SMILES string of the molecule is CCOC(=O)C(COC(=O)CCC(=O)OCC(Cc1ccc(Br)c(C)c1)C(=O)OCC)Cc1ccc(Br)c(C)c1. The Bertz CT molecular complexity index is 1090. The van der Waals surface area contributed by atoms with Gasteiger partial charge in [-0.05, 0) is 74.9 Å². The molecule has 0 bridgehead atoms. The molecule has 0 amide bonds. The van der Waals surface area contributed by atoms with Crippen LogP contribution in [-0.2, 0) is 51.0 Å². The topological polar surface area (TPSA) is 105 Å². The van der Waals surface area contributed by atoms with Gasteiger partial charge in [-0.1, -0.05) is 56.1 Å². The van der Waals surface area contributed by atoms with Gasteiger partial charge in [0.05, 0.1) is 37.9 Å². The van der Waals surface area contributed by atoms with Crippen molar-refractivity contribution in [3.05, 3.63) is 67.6 Å². The number of carbonyl (C=O) groups is 4. The van der Waals surface area contributed by atoms with Crippen LogP contribution in [0.5, 0.6) is 0 Å². The van der Waals surface area contributed by atoms with Crippen molar-refractivity contribution in [3.8, 4) is 0 Å². The van der Waals surface area contributed by atoms with Crippen LogP contribution in [-0.4, -0.2) is 50.3 Å². The maximum atomic E-state index is 12.5. The van der Waals surface area contributed by atoms with Crippen LogP contribution in [0.3, 0.4) is 0 Å². The lowest BCUT2D eigenvalue weighted by Gasteiger charge is -2.17. The minimum Gasteiger partial charge on any atom is -0.466 e. The van der Waals surface area contributed by atoms with Crippen molar-refractivity contribution < 1.29 is 38.1 Å². The van der Waals surface area contributed by atoms with Gasteiger partial charge < -0.3 is 18.9 Å². The molecule has 2 rings (SSSR count). The Morgan fingerprint density at radius 1 is 0.650 bits per heavy atom. The highest BCUT2D eigenvalue weighted by Crippen LogP contribution is 2.21. The van der Waals surface area contributed by atoms with Crippen molar-refractivity contribution in [2.45, 2.75) is 53.4 Å².